The molecule has 2 heterocycles. The Hall–Kier alpha value is -1.45. The van der Waals surface area contributed by atoms with Crippen LogP contribution < -0.4 is 4.74 Å². The molecule has 6 nitrogen and oxygen atoms in total. The van der Waals surface area contributed by atoms with E-state index in [1.807, 2.05) is 0 Å². The van der Waals surface area contributed by atoms with Gasteiger partial charge in [-0.1, -0.05) is 11.3 Å². The third-order valence-electron chi connectivity index (χ3n) is 5.46. The highest BCUT2D eigenvalue weighted by atomic mass is 32.1. The van der Waals surface area contributed by atoms with Crippen LogP contribution in [0.1, 0.15) is 49.1 Å². The third-order valence-corrected chi connectivity index (χ3v) is 6.53. The van der Waals surface area contributed by atoms with Crippen LogP contribution in [-0.4, -0.2) is 61.3 Å². The van der Waals surface area contributed by atoms with E-state index in [2.05, 4.69) is 14.9 Å². The quantitative estimate of drug-likeness (QED) is 0.599. The van der Waals surface area contributed by atoms with Crippen LogP contribution in [0.15, 0.2) is 4.99 Å². The van der Waals surface area contributed by atoms with Gasteiger partial charge in [-0.2, -0.15) is 0 Å². The summed E-state index contributed by atoms with van der Waals surface area (Å²) in [5.41, 5.74) is 2.00. The van der Waals surface area contributed by atoms with E-state index >= 15 is 0 Å². The zero-order chi connectivity index (χ0) is 20.6. The summed E-state index contributed by atoms with van der Waals surface area (Å²) in [4.78, 5) is 23.9. The molecule has 3 rings (SSSR count). The largest absolute Gasteiger partial charge is 0.464 e. The number of aliphatic imine (C=N–C) groups is 1. The van der Waals surface area contributed by atoms with Crippen molar-refractivity contribution < 1.29 is 23.0 Å². The fourth-order valence-corrected chi connectivity index (χ4v) is 4.73. The van der Waals surface area contributed by atoms with Gasteiger partial charge < -0.3 is 9.47 Å². The summed E-state index contributed by atoms with van der Waals surface area (Å²) in [6.45, 7) is 2.57. The maximum Gasteiger partial charge on any atom is 0.273 e. The smallest absolute Gasteiger partial charge is 0.273 e. The maximum atomic E-state index is 12.3. The van der Waals surface area contributed by atoms with Gasteiger partial charge in [-0.3, -0.25) is 9.69 Å². The van der Waals surface area contributed by atoms with E-state index in [9.17, 15) is 13.6 Å². The second kappa shape index (κ2) is 11.1. The number of alkyl halides is 2. The van der Waals surface area contributed by atoms with Crippen LogP contribution in [0.25, 0.3) is 0 Å². The van der Waals surface area contributed by atoms with Crippen LogP contribution in [-0.2, 0) is 22.5 Å². The van der Waals surface area contributed by atoms with Gasteiger partial charge in [0.05, 0.1) is 18.7 Å². The topological polar surface area (TPSA) is 64.0 Å². The lowest BCUT2D eigenvalue weighted by Gasteiger charge is -2.29. The van der Waals surface area contributed by atoms with E-state index in [0.29, 0.717) is 24.1 Å². The van der Waals surface area contributed by atoms with Crippen molar-refractivity contribution in [2.75, 3.05) is 33.4 Å². The van der Waals surface area contributed by atoms with Crippen molar-refractivity contribution in [3.8, 4) is 5.19 Å². The molecule has 0 atom stereocenters. The summed E-state index contributed by atoms with van der Waals surface area (Å²) < 4.78 is 34.6. The lowest BCUT2D eigenvalue weighted by atomic mass is 9.85. The fraction of sp³-hybridized carbons (Fsp3) is 0.750. The predicted molar refractivity (Wildman–Crippen MR) is 108 cm³/mol. The second-order valence-corrected chi connectivity index (χ2v) is 8.67. The number of thiazole rings is 1. The van der Waals surface area contributed by atoms with Crippen molar-refractivity contribution in [3.63, 3.8) is 0 Å². The molecule has 0 unspecified atom stereocenters. The number of methoxy groups -OCH3 is 1. The van der Waals surface area contributed by atoms with Crippen molar-refractivity contribution >= 4 is 23.0 Å². The number of rotatable bonds is 9. The van der Waals surface area contributed by atoms with Crippen molar-refractivity contribution in [1.82, 2.24) is 9.88 Å². The number of halogens is 2. The Kier molecular flexibility index (Phi) is 8.50. The SMILES string of the molecule is COCCC(=O)N=C1CCC(CCN2CCc3sc(OCC(F)F)nc3C2)CC1. The Labute approximate surface area is 174 Å². The monoisotopic (exact) mass is 429 g/mol. The first-order chi connectivity index (χ1) is 14.0. The molecule has 1 aromatic heterocycles. The van der Waals surface area contributed by atoms with Gasteiger partial charge in [-0.25, -0.2) is 18.8 Å². The molecule has 162 valence electrons. The Morgan fingerprint density at radius 2 is 2.14 bits per heavy atom. The minimum atomic E-state index is -2.48. The Balaban J connectivity index is 1.38. The normalized spacial score (nSPS) is 20.0. The molecule has 1 fully saturated rings. The van der Waals surface area contributed by atoms with Crippen LogP contribution in [0.3, 0.4) is 0 Å². The highest BCUT2D eigenvalue weighted by Gasteiger charge is 2.24. The van der Waals surface area contributed by atoms with E-state index < -0.39 is 13.0 Å². The minimum absolute atomic E-state index is 0.0791. The first-order valence-corrected chi connectivity index (χ1v) is 11.0. The van der Waals surface area contributed by atoms with E-state index in [1.165, 1.54) is 11.3 Å². The number of amides is 1. The first-order valence-electron chi connectivity index (χ1n) is 10.2. The highest BCUT2D eigenvalue weighted by molar-refractivity contribution is 7.13. The van der Waals surface area contributed by atoms with Gasteiger partial charge in [0.25, 0.3) is 11.6 Å². The molecular formula is C20H29F2N3O3S. The summed E-state index contributed by atoms with van der Waals surface area (Å²) in [6.07, 6.45) is 3.88. The van der Waals surface area contributed by atoms with E-state index in [-0.39, 0.29) is 5.91 Å². The van der Waals surface area contributed by atoms with Crippen molar-refractivity contribution in [2.45, 2.75) is 57.9 Å². The number of carbonyl (C=O) groups is 1. The van der Waals surface area contributed by atoms with E-state index in [0.717, 1.165) is 74.4 Å². The summed E-state index contributed by atoms with van der Waals surface area (Å²) in [6, 6.07) is 0. The molecule has 1 aliphatic heterocycles. The predicted octanol–water partition coefficient (Wildman–Crippen LogP) is 3.73. The molecule has 0 spiro atoms. The third kappa shape index (κ3) is 7.08. The number of ether oxygens (including phenoxy) is 2. The molecular weight excluding hydrogens is 400 g/mol. The van der Waals surface area contributed by atoms with Gasteiger partial charge in [0.2, 0.25) is 5.91 Å². The molecule has 0 bridgehead atoms. The molecule has 2 aliphatic rings. The van der Waals surface area contributed by atoms with Crippen molar-refractivity contribution in [2.24, 2.45) is 10.9 Å². The van der Waals surface area contributed by atoms with Crippen LogP contribution >= 0.6 is 11.3 Å². The number of hydrogen-bond donors (Lipinski definition) is 0. The van der Waals surface area contributed by atoms with Crippen molar-refractivity contribution in [3.05, 3.63) is 10.6 Å². The average molecular weight is 430 g/mol. The van der Waals surface area contributed by atoms with Gasteiger partial charge in [0.15, 0.2) is 6.61 Å². The molecule has 29 heavy (non-hydrogen) atoms. The lowest BCUT2D eigenvalue weighted by molar-refractivity contribution is -0.118. The highest BCUT2D eigenvalue weighted by Crippen LogP contribution is 2.31. The molecule has 1 aliphatic carbocycles. The van der Waals surface area contributed by atoms with Gasteiger partial charge in [0.1, 0.15) is 0 Å². The number of hydrogen-bond acceptors (Lipinski definition) is 6. The van der Waals surface area contributed by atoms with Crippen molar-refractivity contribution in [1.29, 1.82) is 0 Å². The number of fused-ring (bicyclic) bond motifs is 1. The molecule has 1 saturated carbocycles. The molecule has 1 amide bonds. The van der Waals surface area contributed by atoms with Gasteiger partial charge in [-0.15, -0.1) is 0 Å². The zero-order valence-electron chi connectivity index (χ0n) is 16.9. The lowest BCUT2D eigenvalue weighted by Crippen LogP contribution is -2.32. The Bertz CT molecular complexity index is 701. The molecule has 0 saturated heterocycles. The van der Waals surface area contributed by atoms with Crippen LogP contribution in [0.2, 0.25) is 0 Å². The van der Waals surface area contributed by atoms with Gasteiger partial charge in [-0.05, 0) is 51.0 Å². The van der Waals surface area contributed by atoms with E-state index in [1.54, 1.807) is 7.11 Å². The standard InChI is InChI=1S/C20H29F2N3O3S/c1-27-11-8-19(26)23-15-4-2-14(3-5-15)6-9-25-10-7-17-16(12-25)24-20(29-17)28-13-18(21)22/h14,18H,2-13H2,1H3. The summed E-state index contributed by atoms with van der Waals surface area (Å²) in [7, 11) is 1.59. The van der Waals surface area contributed by atoms with Crippen LogP contribution in [0, 0.1) is 5.92 Å². The molecule has 1 aromatic rings. The summed E-state index contributed by atoms with van der Waals surface area (Å²) >= 11 is 1.39. The van der Waals surface area contributed by atoms with Crippen LogP contribution in [0.5, 0.6) is 5.19 Å². The Morgan fingerprint density at radius 1 is 1.34 bits per heavy atom. The van der Waals surface area contributed by atoms with Gasteiger partial charge in [0, 0.05) is 30.8 Å². The molecule has 0 radical (unpaired) electrons. The molecule has 9 heteroatoms. The molecule has 0 aromatic carbocycles. The minimum Gasteiger partial charge on any atom is -0.464 e. The second-order valence-electron chi connectivity index (χ2n) is 7.62. The summed E-state index contributed by atoms with van der Waals surface area (Å²) in [5, 5.41) is 0.358. The fourth-order valence-electron chi connectivity index (χ4n) is 3.81. The number of nitrogens with zero attached hydrogens (tertiary/aromatic N) is 3. The maximum absolute atomic E-state index is 12.3. The van der Waals surface area contributed by atoms with Gasteiger partial charge >= 0.3 is 0 Å². The van der Waals surface area contributed by atoms with Crippen LogP contribution in [0.4, 0.5) is 8.78 Å². The first kappa shape index (κ1) is 22.2. The Morgan fingerprint density at radius 3 is 2.86 bits per heavy atom. The van der Waals surface area contributed by atoms with E-state index in [4.69, 9.17) is 9.47 Å². The summed E-state index contributed by atoms with van der Waals surface area (Å²) in [5.74, 6) is 0.578. The average Bonchev–Trinajstić information content (AvgIpc) is 3.12. The number of aromatic nitrogens is 1. The number of carbonyl (C=O) groups excluding carboxylic acids is 1. The zero-order valence-corrected chi connectivity index (χ0v) is 17.7. The molecule has 0 N–H and O–H groups in total.